The summed E-state index contributed by atoms with van der Waals surface area (Å²) in [6, 6.07) is 12.6. The predicted octanol–water partition coefficient (Wildman–Crippen LogP) is 4.07. The fraction of sp³-hybridized carbons (Fsp3) is 0.261. The highest BCUT2D eigenvalue weighted by atomic mass is 19.1. The third-order valence-electron chi connectivity index (χ3n) is 4.90. The van der Waals surface area contributed by atoms with E-state index >= 15 is 0 Å². The van der Waals surface area contributed by atoms with Crippen molar-refractivity contribution in [3.63, 3.8) is 0 Å². The molecule has 0 saturated heterocycles. The molecule has 31 heavy (non-hydrogen) atoms. The van der Waals surface area contributed by atoms with Crippen molar-refractivity contribution in [3.05, 3.63) is 76.9 Å². The Hall–Kier alpha value is -3.68. The Morgan fingerprint density at radius 1 is 1.19 bits per heavy atom. The van der Waals surface area contributed by atoms with E-state index in [1.54, 1.807) is 13.2 Å². The predicted molar refractivity (Wildman–Crippen MR) is 119 cm³/mol. The number of benzene rings is 2. The summed E-state index contributed by atoms with van der Waals surface area (Å²) in [5.41, 5.74) is 3.97. The van der Waals surface area contributed by atoms with Gasteiger partial charge in [0.05, 0.1) is 19.3 Å². The van der Waals surface area contributed by atoms with Gasteiger partial charge in [-0.2, -0.15) is 5.10 Å². The number of rotatable bonds is 6. The number of methoxy groups -OCH3 is 1. The van der Waals surface area contributed by atoms with Crippen LogP contribution < -0.4 is 15.4 Å². The van der Waals surface area contributed by atoms with Gasteiger partial charge in [-0.15, -0.1) is 0 Å². The molecule has 1 aromatic heterocycles. The Morgan fingerprint density at radius 3 is 2.58 bits per heavy atom. The summed E-state index contributed by atoms with van der Waals surface area (Å²) >= 11 is 0. The maximum atomic E-state index is 13.2. The number of anilines is 1. The van der Waals surface area contributed by atoms with Gasteiger partial charge in [-0.05, 0) is 57.2 Å². The molecule has 0 aliphatic heterocycles. The van der Waals surface area contributed by atoms with Crippen LogP contribution >= 0.6 is 0 Å². The highest BCUT2D eigenvalue weighted by Crippen LogP contribution is 2.18. The van der Waals surface area contributed by atoms with E-state index < -0.39 is 11.7 Å². The molecule has 2 N–H and O–H groups in total. The smallest absolute Gasteiger partial charge is 0.257 e. The van der Waals surface area contributed by atoms with Gasteiger partial charge in [-0.1, -0.05) is 6.07 Å². The Bertz CT molecular complexity index is 1090. The summed E-state index contributed by atoms with van der Waals surface area (Å²) < 4.78 is 20.4. The molecule has 0 aliphatic carbocycles. The summed E-state index contributed by atoms with van der Waals surface area (Å²) in [6.07, 6.45) is 0. The third-order valence-corrected chi connectivity index (χ3v) is 4.90. The van der Waals surface area contributed by atoms with Crippen LogP contribution in [0.1, 0.15) is 34.2 Å². The van der Waals surface area contributed by atoms with Crippen LogP contribution in [-0.4, -0.2) is 28.8 Å². The first-order valence-corrected chi connectivity index (χ1v) is 9.96. The third kappa shape index (κ3) is 5.48. The van der Waals surface area contributed by atoms with Crippen molar-refractivity contribution in [3.8, 4) is 5.75 Å². The maximum absolute atomic E-state index is 13.2. The number of guanidine groups is 1. The zero-order valence-electron chi connectivity index (χ0n) is 18.1. The minimum atomic E-state index is -0.404. The summed E-state index contributed by atoms with van der Waals surface area (Å²) in [4.78, 5) is 17.3. The van der Waals surface area contributed by atoms with Crippen LogP contribution in [0.2, 0.25) is 0 Å². The molecule has 0 bridgehead atoms. The van der Waals surface area contributed by atoms with E-state index in [-0.39, 0.29) is 5.96 Å². The molecule has 0 radical (unpaired) electrons. The van der Waals surface area contributed by atoms with Crippen LogP contribution in [0, 0.1) is 19.7 Å². The molecule has 2 aromatic carbocycles. The number of aromatic nitrogens is 2. The summed E-state index contributed by atoms with van der Waals surface area (Å²) in [5, 5.41) is 10.4. The maximum Gasteiger partial charge on any atom is 0.257 e. The first kappa shape index (κ1) is 22.0. The molecule has 0 atom stereocenters. The highest BCUT2D eigenvalue weighted by molar-refractivity contribution is 6.10. The second-order valence-electron chi connectivity index (χ2n) is 6.95. The molecule has 0 aliphatic rings. The number of carbonyl (C=O) groups is 1. The molecule has 0 unspecified atom stereocenters. The molecule has 1 amide bonds. The first-order valence-electron chi connectivity index (χ1n) is 9.96. The number of carbonyl (C=O) groups excluding carboxylic acids is 1. The Morgan fingerprint density at radius 2 is 1.94 bits per heavy atom. The van der Waals surface area contributed by atoms with Crippen molar-refractivity contribution in [2.45, 2.75) is 33.9 Å². The molecule has 7 nitrogen and oxygen atoms in total. The fourth-order valence-electron chi connectivity index (χ4n) is 3.16. The second kappa shape index (κ2) is 9.88. The van der Waals surface area contributed by atoms with Crippen LogP contribution in [0.4, 0.5) is 10.1 Å². The number of nitrogens with one attached hydrogen (secondary N) is 2. The lowest BCUT2D eigenvalue weighted by Crippen LogP contribution is -2.36. The minimum absolute atomic E-state index is 0.269. The molecule has 1 heterocycles. The number of nitrogens with zero attached hydrogens (tertiary/aromatic N) is 3. The van der Waals surface area contributed by atoms with E-state index in [1.807, 2.05) is 43.7 Å². The standard InChI is InChI=1S/C23H26FN5O2/c1-5-29-16(3)21(15(2)28-29)14-25-23(26-19-7-6-8-20(13-19)31-4)27-22(30)17-9-11-18(24)12-10-17/h6-13H,5,14H2,1-4H3,(H2,25,26,27,30). The minimum Gasteiger partial charge on any atom is -0.497 e. The van der Waals surface area contributed by atoms with Gasteiger partial charge >= 0.3 is 0 Å². The number of halogens is 1. The highest BCUT2D eigenvalue weighted by Gasteiger charge is 2.13. The van der Waals surface area contributed by atoms with Gasteiger partial charge in [0.2, 0.25) is 5.96 Å². The van der Waals surface area contributed by atoms with E-state index in [0.29, 0.717) is 23.5 Å². The van der Waals surface area contributed by atoms with Gasteiger partial charge in [-0.3, -0.25) is 14.8 Å². The Balaban J connectivity index is 1.87. The van der Waals surface area contributed by atoms with Crippen molar-refractivity contribution in [2.24, 2.45) is 4.99 Å². The van der Waals surface area contributed by atoms with Crippen molar-refractivity contribution < 1.29 is 13.9 Å². The largest absolute Gasteiger partial charge is 0.497 e. The number of aryl methyl sites for hydroxylation is 2. The number of hydrogen-bond acceptors (Lipinski definition) is 4. The second-order valence-corrected chi connectivity index (χ2v) is 6.95. The molecular weight excluding hydrogens is 397 g/mol. The Labute approximate surface area is 181 Å². The lowest BCUT2D eigenvalue weighted by atomic mass is 10.2. The summed E-state index contributed by atoms with van der Waals surface area (Å²) in [7, 11) is 1.58. The normalized spacial score (nSPS) is 11.3. The molecule has 162 valence electrons. The number of hydrogen-bond donors (Lipinski definition) is 2. The van der Waals surface area contributed by atoms with Crippen LogP contribution in [0.25, 0.3) is 0 Å². The van der Waals surface area contributed by atoms with E-state index in [2.05, 4.69) is 20.7 Å². The topological polar surface area (TPSA) is 80.5 Å². The van der Waals surface area contributed by atoms with E-state index in [0.717, 1.165) is 23.5 Å². The van der Waals surface area contributed by atoms with Crippen molar-refractivity contribution in [1.29, 1.82) is 0 Å². The number of aliphatic imine (C=N–C) groups is 1. The van der Waals surface area contributed by atoms with Gasteiger partial charge in [0.1, 0.15) is 11.6 Å². The average molecular weight is 423 g/mol. The molecule has 0 fully saturated rings. The van der Waals surface area contributed by atoms with E-state index in [1.165, 1.54) is 24.3 Å². The average Bonchev–Trinajstić information content (AvgIpc) is 3.05. The van der Waals surface area contributed by atoms with E-state index in [9.17, 15) is 9.18 Å². The lowest BCUT2D eigenvalue weighted by Gasteiger charge is -2.13. The summed E-state index contributed by atoms with van der Waals surface area (Å²) in [5.74, 6) is 0.140. The van der Waals surface area contributed by atoms with Gasteiger partial charge in [0.15, 0.2) is 0 Å². The van der Waals surface area contributed by atoms with Crippen LogP contribution in [0.5, 0.6) is 5.75 Å². The molecule has 0 saturated carbocycles. The van der Waals surface area contributed by atoms with Gasteiger partial charge in [0.25, 0.3) is 5.91 Å². The van der Waals surface area contributed by atoms with Crippen molar-refractivity contribution in [2.75, 3.05) is 12.4 Å². The monoisotopic (exact) mass is 423 g/mol. The number of ether oxygens (including phenoxy) is 1. The fourth-order valence-corrected chi connectivity index (χ4v) is 3.16. The molecule has 3 aromatic rings. The number of amides is 1. The SMILES string of the molecule is CCn1nc(C)c(CN=C(NC(=O)c2ccc(F)cc2)Nc2cccc(OC)c2)c1C. The molecule has 8 heteroatoms. The van der Waals surface area contributed by atoms with Gasteiger partial charge in [-0.25, -0.2) is 9.38 Å². The lowest BCUT2D eigenvalue weighted by molar-refractivity contribution is 0.0977. The zero-order chi connectivity index (χ0) is 22.4. The van der Waals surface area contributed by atoms with Crippen LogP contribution in [-0.2, 0) is 13.1 Å². The van der Waals surface area contributed by atoms with E-state index in [4.69, 9.17) is 4.74 Å². The quantitative estimate of drug-likeness (QED) is 0.463. The molecule has 3 rings (SSSR count). The summed E-state index contributed by atoms with van der Waals surface area (Å²) in [6.45, 7) is 7.09. The molecular formula is C23H26FN5O2. The van der Waals surface area contributed by atoms with Crippen molar-refractivity contribution in [1.82, 2.24) is 15.1 Å². The Kier molecular flexibility index (Phi) is 7.02. The van der Waals surface area contributed by atoms with Gasteiger partial charge in [0, 0.05) is 35.1 Å². The first-order chi connectivity index (χ1) is 14.9. The van der Waals surface area contributed by atoms with Gasteiger partial charge < -0.3 is 10.1 Å². The van der Waals surface area contributed by atoms with Crippen LogP contribution in [0.15, 0.2) is 53.5 Å². The van der Waals surface area contributed by atoms with Crippen molar-refractivity contribution >= 4 is 17.6 Å². The van der Waals surface area contributed by atoms with Crippen LogP contribution in [0.3, 0.4) is 0 Å². The molecule has 0 spiro atoms. The zero-order valence-corrected chi connectivity index (χ0v) is 18.1.